The van der Waals surface area contributed by atoms with Crippen molar-refractivity contribution in [3.63, 3.8) is 0 Å². The number of benzene rings is 3. The number of Topliss-reactive ketones (excluding diaryl/α,β-unsaturated/α-hetero) is 1. The van der Waals surface area contributed by atoms with Gasteiger partial charge in [0.2, 0.25) is 0 Å². The molecule has 0 saturated carbocycles. The van der Waals surface area contributed by atoms with E-state index in [4.69, 9.17) is 9.47 Å². The molecule has 0 fully saturated rings. The number of ketones is 2. The van der Waals surface area contributed by atoms with Crippen LogP contribution in [0.15, 0.2) is 60.7 Å². The maximum Gasteiger partial charge on any atom is 0.193 e. The molecule has 0 N–H and O–H groups in total. The molecule has 0 spiro atoms. The Hall–Kier alpha value is -3.44. The summed E-state index contributed by atoms with van der Waals surface area (Å²) in [4.78, 5) is 26.3. The van der Waals surface area contributed by atoms with Gasteiger partial charge in [-0.1, -0.05) is 32.6 Å². The van der Waals surface area contributed by atoms with Crippen LogP contribution in [0.3, 0.4) is 0 Å². The third-order valence-corrected chi connectivity index (χ3v) is 7.04. The van der Waals surface area contributed by atoms with Crippen LogP contribution in [0.4, 0.5) is 0 Å². The fourth-order valence-corrected chi connectivity index (χ4v) is 4.97. The number of carbonyl (C=O) groups excluding carboxylic acids is 2. The highest BCUT2D eigenvalue weighted by molar-refractivity contribution is 6.15. The Morgan fingerprint density at radius 1 is 0.730 bits per heavy atom. The highest BCUT2D eigenvalue weighted by Crippen LogP contribution is 2.32. The van der Waals surface area contributed by atoms with E-state index in [1.54, 1.807) is 38.5 Å². The maximum atomic E-state index is 13.3. The van der Waals surface area contributed by atoms with Crippen molar-refractivity contribution < 1.29 is 19.1 Å². The third-order valence-electron chi connectivity index (χ3n) is 7.04. The number of hydrogen-bond acceptors (Lipinski definition) is 4. The molecule has 4 rings (SSSR count). The normalized spacial score (nSPS) is 11.3. The predicted octanol–water partition coefficient (Wildman–Crippen LogP) is 7.61. The Bertz CT molecular complexity index is 1370. The van der Waals surface area contributed by atoms with Crippen molar-refractivity contribution in [2.75, 3.05) is 20.8 Å². The van der Waals surface area contributed by atoms with Gasteiger partial charge in [-0.05, 0) is 73.5 Å². The Kier molecular flexibility index (Phi) is 9.13. The lowest BCUT2D eigenvalue weighted by Crippen LogP contribution is -2.03. The van der Waals surface area contributed by atoms with Gasteiger partial charge in [-0.25, -0.2) is 0 Å². The van der Waals surface area contributed by atoms with Crippen LogP contribution in [0.1, 0.15) is 78.1 Å². The van der Waals surface area contributed by atoms with Crippen molar-refractivity contribution in [1.29, 1.82) is 0 Å². The first-order chi connectivity index (χ1) is 18.1. The van der Waals surface area contributed by atoms with Gasteiger partial charge in [0, 0.05) is 65.2 Å². The lowest BCUT2D eigenvalue weighted by atomic mass is 9.99. The Morgan fingerprint density at radius 2 is 1.35 bits per heavy atom. The molecule has 0 aliphatic rings. The number of hydrogen-bond donors (Lipinski definition) is 0. The van der Waals surface area contributed by atoms with E-state index in [2.05, 4.69) is 17.6 Å². The van der Waals surface area contributed by atoms with Crippen LogP contribution in [-0.4, -0.2) is 37.0 Å². The molecule has 1 aromatic heterocycles. The van der Waals surface area contributed by atoms with E-state index < -0.39 is 0 Å². The van der Waals surface area contributed by atoms with Gasteiger partial charge in [0.1, 0.15) is 5.75 Å². The molecule has 37 heavy (non-hydrogen) atoms. The van der Waals surface area contributed by atoms with E-state index in [1.807, 2.05) is 30.3 Å². The maximum absolute atomic E-state index is 13.3. The number of carbonyl (C=O) groups is 2. The molecule has 0 aliphatic heterocycles. The number of ether oxygens (including phenoxy) is 2. The van der Waals surface area contributed by atoms with Gasteiger partial charge in [-0.3, -0.25) is 9.59 Å². The Balaban J connectivity index is 1.70. The molecule has 0 atom stereocenters. The van der Waals surface area contributed by atoms with Gasteiger partial charge in [-0.2, -0.15) is 0 Å². The predicted molar refractivity (Wildman–Crippen MR) is 150 cm³/mol. The van der Waals surface area contributed by atoms with Gasteiger partial charge < -0.3 is 14.0 Å². The van der Waals surface area contributed by atoms with Crippen LogP contribution < -0.4 is 4.74 Å². The molecule has 5 heteroatoms. The molecule has 5 nitrogen and oxygen atoms in total. The number of unbranched alkanes of at least 4 members (excludes halogenated alkanes) is 4. The minimum Gasteiger partial charge on any atom is -0.497 e. The largest absolute Gasteiger partial charge is 0.497 e. The molecule has 0 radical (unpaired) electrons. The van der Waals surface area contributed by atoms with E-state index in [-0.39, 0.29) is 11.6 Å². The van der Waals surface area contributed by atoms with Crippen LogP contribution in [0.2, 0.25) is 0 Å². The van der Waals surface area contributed by atoms with Crippen LogP contribution in [0.25, 0.3) is 21.8 Å². The van der Waals surface area contributed by atoms with E-state index in [0.29, 0.717) is 29.9 Å². The molecule has 0 unspecified atom stereocenters. The second-order valence-corrected chi connectivity index (χ2v) is 9.61. The van der Waals surface area contributed by atoms with Gasteiger partial charge in [0.05, 0.1) is 7.11 Å². The van der Waals surface area contributed by atoms with Gasteiger partial charge in [0.15, 0.2) is 11.6 Å². The highest BCUT2D eigenvalue weighted by atomic mass is 16.5. The Labute approximate surface area is 219 Å². The number of nitrogens with zero attached hydrogens (tertiary/aromatic N) is 1. The summed E-state index contributed by atoms with van der Waals surface area (Å²) in [6, 6.07) is 19.1. The smallest absolute Gasteiger partial charge is 0.193 e. The molecule has 4 aromatic rings. The van der Waals surface area contributed by atoms with Crippen molar-refractivity contribution in [3.8, 4) is 5.75 Å². The number of aromatic nitrogens is 1. The van der Waals surface area contributed by atoms with Gasteiger partial charge in [-0.15, -0.1) is 0 Å². The van der Waals surface area contributed by atoms with E-state index >= 15 is 0 Å². The summed E-state index contributed by atoms with van der Waals surface area (Å²) in [6.07, 6.45) is 7.07. The zero-order chi connectivity index (χ0) is 26.2. The fourth-order valence-electron chi connectivity index (χ4n) is 4.97. The lowest BCUT2D eigenvalue weighted by Gasteiger charge is -2.08. The van der Waals surface area contributed by atoms with Crippen LogP contribution >= 0.6 is 0 Å². The zero-order valence-electron chi connectivity index (χ0n) is 22.2. The number of aryl methyl sites for hydroxylation is 1. The summed E-state index contributed by atoms with van der Waals surface area (Å²) in [7, 11) is 3.32. The van der Waals surface area contributed by atoms with Gasteiger partial charge >= 0.3 is 0 Å². The van der Waals surface area contributed by atoms with Crippen LogP contribution in [-0.2, 0) is 11.3 Å². The van der Waals surface area contributed by atoms with Crippen molar-refractivity contribution in [1.82, 2.24) is 4.57 Å². The Morgan fingerprint density at radius 3 is 2.00 bits per heavy atom. The summed E-state index contributed by atoms with van der Waals surface area (Å²) in [6.45, 7) is 3.66. The number of fused-ring (bicyclic) bond motifs is 3. The molecular formula is C32H37NO4. The molecular weight excluding hydrogens is 462 g/mol. The van der Waals surface area contributed by atoms with Crippen molar-refractivity contribution in [3.05, 3.63) is 77.4 Å². The third kappa shape index (κ3) is 6.11. The monoisotopic (exact) mass is 499 g/mol. The summed E-state index contributed by atoms with van der Waals surface area (Å²) < 4.78 is 12.8. The average molecular weight is 500 g/mol. The summed E-state index contributed by atoms with van der Waals surface area (Å²) >= 11 is 0. The first-order valence-corrected chi connectivity index (χ1v) is 13.3. The lowest BCUT2D eigenvalue weighted by molar-refractivity contribution is 0.0978. The standard InChI is InChI=1S/C32H37NO4/c1-4-5-6-7-8-10-31(34)24-13-17-29-27(21-24)28-22-25(14-18-30(28)33(29)19-9-20-36-2)32(35)23-11-15-26(37-3)16-12-23/h11-18,21-22H,4-10,19-20H2,1-3H3. The quantitative estimate of drug-likeness (QED) is 0.132. The topological polar surface area (TPSA) is 57.5 Å². The van der Waals surface area contributed by atoms with Gasteiger partial charge in [0.25, 0.3) is 0 Å². The second-order valence-electron chi connectivity index (χ2n) is 9.61. The molecule has 0 aliphatic carbocycles. The molecule has 1 heterocycles. The van der Waals surface area contributed by atoms with Crippen LogP contribution in [0.5, 0.6) is 5.75 Å². The van der Waals surface area contributed by atoms with Crippen LogP contribution in [0, 0.1) is 0 Å². The summed E-state index contributed by atoms with van der Waals surface area (Å²) in [5.41, 5.74) is 4.11. The fraction of sp³-hybridized carbons (Fsp3) is 0.375. The van der Waals surface area contributed by atoms with Crippen molar-refractivity contribution in [2.24, 2.45) is 0 Å². The number of methoxy groups -OCH3 is 2. The first-order valence-electron chi connectivity index (χ1n) is 13.3. The van der Waals surface area contributed by atoms with E-state index in [0.717, 1.165) is 53.2 Å². The molecule has 194 valence electrons. The minimum absolute atomic E-state index is 0.0378. The molecule has 0 amide bonds. The van der Waals surface area contributed by atoms with E-state index in [9.17, 15) is 9.59 Å². The molecule has 0 saturated heterocycles. The minimum atomic E-state index is -0.0378. The SMILES string of the molecule is CCCCCCCC(=O)c1ccc2c(c1)c1cc(C(=O)c3ccc(OC)cc3)ccc1n2CCCOC. The van der Waals surface area contributed by atoms with Crippen molar-refractivity contribution in [2.45, 2.75) is 58.4 Å². The average Bonchev–Trinajstić information content (AvgIpc) is 3.24. The molecule has 3 aromatic carbocycles. The summed E-state index contributed by atoms with van der Waals surface area (Å²) in [5, 5.41) is 2.00. The van der Waals surface area contributed by atoms with E-state index in [1.165, 1.54) is 19.3 Å². The zero-order valence-corrected chi connectivity index (χ0v) is 22.2. The summed E-state index contributed by atoms with van der Waals surface area (Å²) in [5.74, 6) is 0.863. The van der Waals surface area contributed by atoms with Crippen molar-refractivity contribution >= 4 is 33.4 Å². The first kappa shape index (κ1) is 26.6. The second kappa shape index (κ2) is 12.7. The number of rotatable bonds is 14. The molecule has 0 bridgehead atoms. The highest BCUT2D eigenvalue weighted by Gasteiger charge is 2.17.